The second kappa shape index (κ2) is 19.1. The van der Waals surface area contributed by atoms with Crippen LogP contribution in [0.5, 0.6) is 0 Å². The van der Waals surface area contributed by atoms with Crippen molar-refractivity contribution in [3.05, 3.63) is 35.9 Å². The molecule has 186 valence electrons. The van der Waals surface area contributed by atoms with Gasteiger partial charge >= 0.3 is 11.9 Å². The number of carbonyl (C=O) groups excluding carboxylic acids is 2. The van der Waals surface area contributed by atoms with E-state index < -0.39 is 18.0 Å². The van der Waals surface area contributed by atoms with Gasteiger partial charge in [-0.25, -0.2) is 4.79 Å². The highest BCUT2D eigenvalue weighted by atomic mass is 16.5. The fourth-order valence-corrected chi connectivity index (χ4v) is 3.74. The molecule has 0 aliphatic heterocycles. The molecule has 1 aromatic carbocycles. The number of carboxylic acid groups (broad SMARTS) is 1. The first-order chi connectivity index (χ1) is 16.0. The first kappa shape index (κ1) is 28.7. The molecule has 1 rings (SSSR count). The smallest absolute Gasteiger partial charge is 0.328 e. The Morgan fingerprint density at radius 3 is 1.91 bits per heavy atom. The van der Waals surface area contributed by atoms with Gasteiger partial charge in [-0.05, 0) is 18.4 Å². The Morgan fingerprint density at radius 2 is 1.36 bits per heavy atom. The molecule has 1 atom stereocenters. The van der Waals surface area contributed by atoms with E-state index in [1.807, 2.05) is 30.3 Å². The molecule has 0 bridgehead atoms. The normalized spacial score (nSPS) is 11.7. The Balaban J connectivity index is 2.20. The molecule has 0 spiro atoms. The maximum absolute atomic E-state index is 12.4. The van der Waals surface area contributed by atoms with Gasteiger partial charge in [-0.3, -0.25) is 9.59 Å². The van der Waals surface area contributed by atoms with Gasteiger partial charge in [-0.1, -0.05) is 108 Å². The molecule has 6 heteroatoms. The zero-order valence-corrected chi connectivity index (χ0v) is 20.4. The first-order valence-corrected chi connectivity index (χ1v) is 12.7. The molecule has 0 fully saturated rings. The minimum Gasteiger partial charge on any atom is -0.481 e. The van der Waals surface area contributed by atoms with Crippen LogP contribution in [0, 0.1) is 0 Å². The number of carboxylic acids is 1. The minimum atomic E-state index is -1.01. The van der Waals surface area contributed by atoms with Crippen LogP contribution in [0.3, 0.4) is 0 Å². The molecular formula is C27H43NO5. The van der Waals surface area contributed by atoms with Gasteiger partial charge in [0, 0.05) is 12.8 Å². The molecule has 0 aliphatic carbocycles. The third-order valence-electron chi connectivity index (χ3n) is 5.75. The number of ether oxygens (including phenoxy) is 1. The van der Waals surface area contributed by atoms with Crippen molar-refractivity contribution in [1.82, 2.24) is 5.32 Å². The van der Waals surface area contributed by atoms with Crippen LogP contribution in [-0.2, 0) is 25.7 Å². The number of nitrogens with one attached hydrogen (secondary N) is 1. The summed E-state index contributed by atoms with van der Waals surface area (Å²) in [6.45, 7) is 2.33. The van der Waals surface area contributed by atoms with Crippen LogP contribution in [0.1, 0.15) is 109 Å². The van der Waals surface area contributed by atoms with E-state index >= 15 is 0 Å². The maximum Gasteiger partial charge on any atom is 0.328 e. The van der Waals surface area contributed by atoms with E-state index in [4.69, 9.17) is 9.84 Å². The van der Waals surface area contributed by atoms with Crippen LogP contribution in [0.4, 0.5) is 0 Å². The van der Waals surface area contributed by atoms with E-state index in [9.17, 15) is 14.4 Å². The summed E-state index contributed by atoms with van der Waals surface area (Å²) in [5.74, 6) is -1.83. The lowest BCUT2D eigenvalue weighted by Gasteiger charge is -2.17. The molecule has 0 aliphatic rings. The summed E-state index contributed by atoms with van der Waals surface area (Å²) in [6, 6.07) is 8.31. The lowest BCUT2D eigenvalue weighted by molar-refractivity contribution is -0.149. The maximum atomic E-state index is 12.4. The highest BCUT2D eigenvalue weighted by Gasteiger charge is 2.23. The van der Waals surface area contributed by atoms with E-state index in [2.05, 4.69) is 12.2 Å². The Morgan fingerprint density at radius 1 is 0.818 bits per heavy atom. The average Bonchev–Trinajstić information content (AvgIpc) is 2.81. The molecule has 0 saturated carbocycles. The third-order valence-corrected chi connectivity index (χ3v) is 5.75. The quantitative estimate of drug-likeness (QED) is 0.179. The predicted octanol–water partition coefficient (Wildman–Crippen LogP) is 6.17. The number of aliphatic carboxylic acids is 1. The first-order valence-electron chi connectivity index (χ1n) is 12.7. The molecular weight excluding hydrogens is 418 g/mol. The largest absolute Gasteiger partial charge is 0.481 e. The summed E-state index contributed by atoms with van der Waals surface area (Å²) in [4.78, 5) is 35.6. The molecule has 6 nitrogen and oxygen atoms in total. The van der Waals surface area contributed by atoms with E-state index in [0.29, 0.717) is 6.42 Å². The zero-order valence-electron chi connectivity index (χ0n) is 20.4. The predicted molar refractivity (Wildman–Crippen MR) is 131 cm³/mol. The lowest BCUT2D eigenvalue weighted by atomic mass is 10.0. The molecule has 0 aromatic heterocycles. The summed E-state index contributed by atoms with van der Waals surface area (Å²) >= 11 is 0. The highest BCUT2D eigenvalue weighted by Crippen LogP contribution is 2.13. The number of amides is 1. The summed E-state index contributed by atoms with van der Waals surface area (Å²) in [6.07, 6.45) is 14.8. The van der Waals surface area contributed by atoms with Crippen molar-refractivity contribution >= 4 is 17.8 Å². The molecule has 0 unspecified atom stereocenters. The monoisotopic (exact) mass is 461 g/mol. The standard InChI is InChI=1S/C27H43NO5/c1-2-3-4-5-6-7-8-9-10-11-12-16-19-25(29)28-24(20-21-26(30)31)27(32)33-22-23-17-14-13-15-18-23/h13-15,17-18,24H,2-12,16,19-22H2,1H3,(H,28,29)(H,30,31)/t24-/m0/s1. The second-order valence-electron chi connectivity index (χ2n) is 8.78. The zero-order chi connectivity index (χ0) is 24.2. The summed E-state index contributed by atoms with van der Waals surface area (Å²) in [7, 11) is 0. The minimum absolute atomic E-state index is 0.0210. The van der Waals surface area contributed by atoms with E-state index in [-0.39, 0.29) is 25.4 Å². The number of esters is 1. The van der Waals surface area contributed by atoms with Crippen molar-refractivity contribution < 1.29 is 24.2 Å². The molecule has 1 aromatic rings. The Labute approximate surface area is 199 Å². The molecule has 0 saturated heterocycles. The molecule has 0 heterocycles. The van der Waals surface area contributed by atoms with Crippen molar-refractivity contribution in [3.8, 4) is 0 Å². The highest BCUT2D eigenvalue weighted by molar-refractivity contribution is 5.84. The van der Waals surface area contributed by atoms with Crippen LogP contribution in [0.25, 0.3) is 0 Å². The van der Waals surface area contributed by atoms with Crippen LogP contribution in [-0.4, -0.2) is 29.0 Å². The van der Waals surface area contributed by atoms with Crippen molar-refractivity contribution in [3.63, 3.8) is 0 Å². The number of unbranched alkanes of at least 4 members (excludes halogenated alkanes) is 11. The van der Waals surface area contributed by atoms with Crippen molar-refractivity contribution in [2.24, 2.45) is 0 Å². The number of hydrogen-bond donors (Lipinski definition) is 2. The van der Waals surface area contributed by atoms with E-state index in [1.165, 1.54) is 57.8 Å². The van der Waals surface area contributed by atoms with Crippen LogP contribution < -0.4 is 5.32 Å². The summed E-state index contributed by atoms with van der Waals surface area (Å²) < 4.78 is 5.29. The topological polar surface area (TPSA) is 92.7 Å². The Bertz CT molecular complexity index is 662. The molecule has 2 N–H and O–H groups in total. The van der Waals surface area contributed by atoms with Gasteiger partial charge in [0.1, 0.15) is 12.6 Å². The van der Waals surface area contributed by atoms with Gasteiger partial charge in [0.25, 0.3) is 0 Å². The Kier molecular flexibility index (Phi) is 16.6. The van der Waals surface area contributed by atoms with Gasteiger partial charge in [-0.15, -0.1) is 0 Å². The van der Waals surface area contributed by atoms with Crippen molar-refractivity contribution in [2.75, 3.05) is 0 Å². The van der Waals surface area contributed by atoms with Crippen LogP contribution >= 0.6 is 0 Å². The van der Waals surface area contributed by atoms with Crippen molar-refractivity contribution in [1.29, 1.82) is 0 Å². The van der Waals surface area contributed by atoms with Crippen LogP contribution in [0.15, 0.2) is 30.3 Å². The summed E-state index contributed by atoms with van der Waals surface area (Å²) in [5.41, 5.74) is 0.839. The van der Waals surface area contributed by atoms with E-state index in [0.717, 1.165) is 24.8 Å². The van der Waals surface area contributed by atoms with Gasteiger partial charge in [0.15, 0.2) is 0 Å². The summed E-state index contributed by atoms with van der Waals surface area (Å²) in [5, 5.41) is 11.6. The van der Waals surface area contributed by atoms with E-state index in [1.54, 1.807) is 0 Å². The molecule has 0 radical (unpaired) electrons. The molecule has 1 amide bonds. The van der Waals surface area contributed by atoms with Gasteiger partial charge in [0.2, 0.25) is 5.91 Å². The number of carbonyl (C=O) groups is 3. The average molecular weight is 462 g/mol. The number of benzene rings is 1. The van der Waals surface area contributed by atoms with Crippen molar-refractivity contribution in [2.45, 2.75) is 116 Å². The second-order valence-corrected chi connectivity index (χ2v) is 8.78. The Hall–Kier alpha value is -2.37. The molecule has 33 heavy (non-hydrogen) atoms. The fraction of sp³-hybridized carbons (Fsp3) is 0.667. The van der Waals surface area contributed by atoms with Crippen LogP contribution in [0.2, 0.25) is 0 Å². The SMILES string of the molecule is CCCCCCCCCCCCCCC(=O)N[C@@H](CCC(=O)O)C(=O)OCc1ccccc1. The number of rotatable bonds is 20. The lowest BCUT2D eigenvalue weighted by Crippen LogP contribution is -2.42. The number of hydrogen-bond acceptors (Lipinski definition) is 4. The van der Waals surface area contributed by atoms with Gasteiger partial charge in [0.05, 0.1) is 0 Å². The third kappa shape index (κ3) is 16.0. The van der Waals surface area contributed by atoms with Gasteiger partial charge in [-0.2, -0.15) is 0 Å². The van der Waals surface area contributed by atoms with Gasteiger partial charge < -0.3 is 15.2 Å². The fourth-order valence-electron chi connectivity index (χ4n) is 3.74.